The van der Waals surface area contributed by atoms with Crippen molar-refractivity contribution in [3.63, 3.8) is 0 Å². The van der Waals surface area contributed by atoms with Crippen LogP contribution in [0.1, 0.15) is 38.6 Å². The number of carbonyl (C=O) groups excluding carboxylic acids is 1. The average molecular weight is 294 g/mol. The summed E-state index contributed by atoms with van der Waals surface area (Å²) in [5.41, 5.74) is 3.30. The van der Waals surface area contributed by atoms with E-state index in [1.807, 2.05) is 39.6 Å². The predicted octanol–water partition coefficient (Wildman–Crippen LogP) is 0.940. The molecule has 0 fully saturated rings. The second kappa shape index (κ2) is 6.71. The Kier molecular flexibility index (Phi) is 5.48. The molecule has 7 heteroatoms. The van der Waals surface area contributed by atoms with Crippen LogP contribution in [0.2, 0.25) is 0 Å². The zero-order valence-electron chi connectivity index (χ0n) is 13.7. The van der Waals surface area contributed by atoms with Crippen LogP contribution in [-0.2, 0) is 10.2 Å². The molecule has 0 saturated heterocycles. The molecule has 7 nitrogen and oxygen atoms in total. The van der Waals surface area contributed by atoms with Crippen molar-refractivity contribution in [2.24, 2.45) is 5.84 Å². The molecule has 1 heterocycles. The van der Waals surface area contributed by atoms with Gasteiger partial charge in [0.2, 0.25) is 5.91 Å². The highest BCUT2D eigenvalue weighted by Crippen LogP contribution is 2.27. The third-order valence-electron chi connectivity index (χ3n) is 3.24. The van der Waals surface area contributed by atoms with Gasteiger partial charge in [0, 0.05) is 38.0 Å². The fourth-order valence-electron chi connectivity index (χ4n) is 1.85. The van der Waals surface area contributed by atoms with Crippen LogP contribution in [0, 0.1) is 6.92 Å². The molecule has 4 N–H and O–H groups in total. The average Bonchev–Trinajstić information content (AvgIpc) is 2.43. The number of nitrogens with zero attached hydrogens (tertiary/aromatic N) is 3. The van der Waals surface area contributed by atoms with Crippen molar-refractivity contribution in [2.75, 3.05) is 31.0 Å². The van der Waals surface area contributed by atoms with Gasteiger partial charge >= 0.3 is 0 Å². The highest BCUT2D eigenvalue weighted by atomic mass is 16.1. The molecule has 0 radical (unpaired) electrons. The number of hydrazine groups is 1. The largest absolute Gasteiger partial charge is 0.359 e. The second-order valence-corrected chi connectivity index (χ2v) is 6.08. The zero-order chi connectivity index (χ0) is 16.2. The van der Waals surface area contributed by atoms with Gasteiger partial charge in [0.05, 0.1) is 0 Å². The van der Waals surface area contributed by atoms with Crippen molar-refractivity contribution < 1.29 is 4.79 Å². The van der Waals surface area contributed by atoms with Gasteiger partial charge in [-0.05, 0) is 6.92 Å². The van der Waals surface area contributed by atoms with Crippen molar-refractivity contribution in [3.8, 4) is 0 Å². The number of nitrogen functional groups attached to an aromatic ring is 1. The molecule has 0 aromatic carbocycles. The molecular weight excluding hydrogens is 268 g/mol. The van der Waals surface area contributed by atoms with Gasteiger partial charge in [0.15, 0.2) is 0 Å². The van der Waals surface area contributed by atoms with Crippen LogP contribution in [0.3, 0.4) is 0 Å². The van der Waals surface area contributed by atoms with Crippen molar-refractivity contribution in [1.82, 2.24) is 15.3 Å². The molecule has 0 bridgehead atoms. The maximum absolute atomic E-state index is 11.4. The van der Waals surface area contributed by atoms with Crippen LogP contribution in [0.25, 0.3) is 0 Å². The Morgan fingerprint density at radius 2 is 1.95 bits per heavy atom. The first-order valence-electron chi connectivity index (χ1n) is 6.98. The van der Waals surface area contributed by atoms with Crippen LogP contribution < -0.4 is 21.5 Å². The summed E-state index contributed by atoms with van der Waals surface area (Å²) in [7, 11) is 3.54. The lowest BCUT2D eigenvalue weighted by Gasteiger charge is -2.25. The summed E-state index contributed by atoms with van der Waals surface area (Å²) in [6.45, 7) is 8.63. The van der Waals surface area contributed by atoms with E-state index >= 15 is 0 Å². The summed E-state index contributed by atoms with van der Waals surface area (Å²) in [4.78, 5) is 22.4. The highest BCUT2D eigenvalue weighted by molar-refractivity contribution is 5.76. The van der Waals surface area contributed by atoms with Gasteiger partial charge in [0.25, 0.3) is 0 Å². The highest BCUT2D eigenvalue weighted by Gasteiger charge is 2.22. The van der Waals surface area contributed by atoms with Crippen molar-refractivity contribution in [2.45, 2.75) is 39.5 Å². The predicted molar refractivity (Wildman–Crippen MR) is 85.2 cm³/mol. The number of nitrogens with one attached hydrogen (secondary N) is 2. The zero-order valence-corrected chi connectivity index (χ0v) is 13.7. The van der Waals surface area contributed by atoms with E-state index in [1.54, 1.807) is 7.05 Å². The van der Waals surface area contributed by atoms with E-state index in [1.165, 1.54) is 0 Å². The summed E-state index contributed by atoms with van der Waals surface area (Å²) < 4.78 is 0. The number of amides is 1. The van der Waals surface area contributed by atoms with Crippen molar-refractivity contribution in [3.05, 3.63) is 11.4 Å². The lowest BCUT2D eigenvalue weighted by atomic mass is 9.95. The Labute approximate surface area is 126 Å². The quantitative estimate of drug-likeness (QED) is 0.552. The molecule has 118 valence electrons. The van der Waals surface area contributed by atoms with E-state index < -0.39 is 0 Å². The third kappa shape index (κ3) is 4.29. The van der Waals surface area contributed by atoms with Gasteiger partial charge in [-0.2, -0.15) is 0 Å². The van der Waals surface area contributed by atoms with Gasteiger partial charge in [-0.15, -0.1) is 0 Å². The first-order valence-corrected chi connectivity index (χ1v) is 6.98. The molecule has 1 aromatic heterocycles. The monoisotopic (exact) mass is 294 g/mol. The molecule has 0 aliphatic heterocycles. The van der Waals surface area contributed by atoms with Crippen LogP contribution in [-0.4, -0.2) is 36.5 Å². The molecule has 1 rings (SSSR count). The number of rotatable bonds is 5. The molecular formula is C14H26N6O. The van der Waals surface area contributed by atoms with Gasteiger partial charge in [-0.25, -0.2) is 15.8 Å². The minimum atomic E-state index is -0.185. The normalized spacial score (nSPS) is 11.2. The Hall–Kier alpha value is -1.89. The maximum atomic E-state index is 11.4. The van der Waals surface area contributed by atoms with Crippen LogP contribution in [0.15, 0.2) is 0 Å². The molecule has 0 aliphatic carbocycles. The fraction of sp³-hybridized carbons (Fsp3) is 0.643. The third-order valence-corrected chi connectivity index (χ3v) is 3.24. The second-order valence-electron chi connectivity index (χ2n) is 6.08. The van der Waals surface area contributed by atoms with Crippen LogP contribution in [0.4, 0.5) is 11.6 Å². The minimum absolute atomic E-state index is 0.00165. The Morgan fingerprint density at radius 3 is 2.43 bits per heavy atom. The topological polar surface area (TPSA) is 96.2 Å². The lowest BCUT2D eigenvalue weighted by Crippen LogP contribution is -2.29. The smallest absolute Gasteiger partial charge is 0.221 e. The molecule has 0 aliphatic rings. The van der Waals surface area contributed by atoms with Gasteiger partial charge in [0.1, 0.15) is 17.5 Å². The molecule has 0 saturated carbocycles. The van der Waals surface area contributed by atoms with Crippen LogP contribution >= 0.6 is 0 Å². The van der Waals surface area contributed by atoms with E-state index in [2.05, 4.69) is 20.7 Å². The van der Waals surface area contributed by atoms with E-state index in [4.69, 9.17) is 5.84 Å². The number of hydrogen-bond donors (Lipinski definition) is 3. The summed E-state index contributed by atoms with van der Waals surface area (Å²) >= 11 is 0. The summed E-state index contributed by atoms with van der Waals surface area (Å²) in [5.74, 6) is 7.66. The van der Waals surface area contributed by atoms with E-state index in [9.17, 15) is 4.79 Å². The molecule has 1 aromatic rings. The number of aromatic nitrogens is 2. The SMILES string of the molecule is CNC(=O)CCN(C)c1nc(C(C)(C)C)nc(NN)c1C. The standard InChI is InChI=1S/C14H26N6O/c1-9-11(19-15)17-13(14(2,3)4)18-12(9)20(6)8-7-10(21)16-5/h7-8,15H2,1-6H3,(H,16,21)(H,17,18,19). The molecule has 0 unspecified atom stereocenters. The molecule has 0 spiro atoms. The molecule has 21 heavy (non-hydrogen) atoms. The number of anilines is 2. The summed E-state index contributed by atoms with van der Waals surface area (Å²) in [6.07, 6.45) is 0.409. The molecule has 0 atom stereocenters. The van der Waals surface area contributed by atoms with Gasteiger partial charge in [-0.3, -0.25) is 4.79 Å². The maximum Gasteiger partial charge on any atom is 0.221 e. The van der Waals surface area contributed by atoms with Gasteiger partial charge in [-0.1, -0.05) is 20.8 Å². The minimum Gasteiger partial charge on any atom is -0.359 e. The lowest BCUT2D eigenvalue weighted by molar-refractivity contribution is -0.120. The number of nitrogens with two attached hydrogens (primary N) is 1. The van der Waals surface area contributed by atoms with Gasteiger partial charge < -0.3 is 15.6 Å². The van der Waals surface area contributed by atoms with Crippen molar-refractivity contribution >= 4 is 17.5 Å². The van der Waals surface area contributed by atoms with E-state index in [-0.39, 0.29) is 11.3 Å². The van der Waals surface area contributed by atoms with Crippen molar-refractivity contribution in [1.29, 1.82) is 0 Å². The summed E-state index contributed by atoms with van der Waals surface area (Å²) in [5, 5.41) is 2.61. The Bertz CT molecular complexity index is 509. The Morgan fingerprint density at radius 1 is 1.33 bits per heavy atom. The Balaban J connectivity index is 3.12. The first kappa shape index (κ1) is 17.2. The van der Waals surface area contributed by atoms with E-state index in [0.29, 0.717) is 24.6 Å². The van der Waals surface area contributed by atoms with Crippen LogP contribution in [0.5, 0.6) is 0 Å². The number of carbonyl (C=O) groups is 1. The molecule has 1 amide bonds. The summed E-state index contributed by atoms with van der Waals surface area (Å²) in [6, 6.07) is 0. The number of hydrogen-bond acceptors (Lipinski definition) is 6. The van der Waals surface area contributed by atoms with E-state index in [0.717, 1.165) is 11.4 Å². The first-order chi connectivity index (χ1) is 9.70. The fourth-order valence-corrected chi connectivity index (χ4v) is 1.85.